The summed E-state index contributed by atoms with van der Waals surface area (Å²) in [6.45, 7) is 5.48. The molecule has 0 saturated heterocycles. The highest BCUT2D eigenvalue weighted by molar-refractivity contribution is 5.96. The Hall–Kier alpha value is -4.37. The zero-order valence-electron chi connectivity index (χ0n) is 22.2. The van der Waals surface area contributed by atoms with E-state index >= 15 is 0 Å². The fourth-order valence-corrected chi connectivity index (χ4v) is 5.30. The number of rotatable bonds is 7. The second-order valence-electron chi connectivity index (χ2n) is 10.3. The Morgan fingerprint density at radius 1 is 0.974 bits per heavy atom. The van der Waals surface area contributed by atoms with Gasteiger partial charge in [0.25, 0.3) is 0 Å². The van der Waals surface area contributed by atoms with Crippen molar-refractivity contribution in [1.82, 2.24) is 10.6 Å². The molecule has 2 aliphatic heterocycles. The van der Waals surface area contributed by atoms with Crippen LogP contribution in [-0.2, 0) is 31.3 Å². The number of benzene rings is 3. The maximum atomic E-state index is 12.7. The molecule has 0 aromatic heterocycles. The Kier molecular flexibility index (Phi) is 7.01. The Balaban J connectivity index is 1.37. The maximum Gasteiger partial charge on any atom is 0.243 e. The standard InChI is InChI=1S/C30H32N4O5/c1-17(2)12-25(33-18(3)35)29(37)32-15-28(36)34-21-9-11-24-27(14-21)39-26-13-20(31)8-10-23(26)30(24)22-7-5-4-6-19(22)16-38-30/h4-11,13-14,17,25H,12,15-16,31H2,1-3H3,(H,32,37)(H,33,35)(H,34,36). The number of fused-ring (bicyclic) bond motifs is 6. The molecular formula is C30H32N4O5. The fourth-order valence-electron chi connectivity index (χ4n) is 5.30. The molecule has 0 fully saturated rings. The largest absolute Gasteiger partial charge is 0.456 e. The van der Waals surface area contributed by atoms with E-state index in [1.165, 1.54) is 6.92 Å². The van der Waals surface area contributed by atoms with Crippen LogP contribution in [0.4, 0.5) is 11.4 Å². The van der Waals surface area contributed by atoms with E-state index in [4.69, 9.17) is 15.2 Å². The van der Waals surface area contributed by atoms with E-state index in [1.54, 1.807) is 18.2 Å². The van der Waals surface area contributed by atoms with Gasteiger partial charge in [-0.1, -0.05) is 38.1 Å². The Labute approximate surface area is 227 Å². The van der Waals surface area contributed by atoms with Crippen LogP contribution in [0.3, 0.4) is 0 Å². The molecule has 1 spiro atoms. The summed E-state index contributed by atoms with van der Waals surface area (Å²) in [6.07, 6.45) is 0.466. The molecule has 0 bridgehead atoms. The van der Waals surface area contributed by atoms with E-state index in [0.717, 1.165) is 22.3 Å². The summed E-state index contributed by atoms with van der Waals surface area (Å²) in [6, 6.07) is 18.3. The molecule has 9 nitrogen and oxygen atoms in total. The molecule has 202 valence electrons. The van der Waals surface area contributed by atoms with Gasteiger partial charge in [0.2, 0.25) is 17.7 Å². The van der Waals surface area contributed by atoms with Crippen LogP contribution < -0.4 is 26.4 Å². The number of nitrogen functional groups attached to an aromatic ring is 1. The van der Waals surface area contributed by atoms with Gasteiger partial charge in [-0.25, -0.2) is 0 Å². The third-order valence-corrected chi connectivity index (χ3v) is 6.91. The highest BCUT2D eigenvalue weighted by Gasteiger charge is 2.49. The quantitative estimate of drug-likeness (QED) is 0.345. The zero-order valence-corrected chi connectivity index (χ0v) is 22.2. The number of carbonyl (C=O) groups is 3. The monoisotopic (exact) mass is 528 g/mol. The summed E-state index contributed by atoms with van der Waals surface area (Å²) < 4.78 is 12.8. The van der Waals surface area contributed by atoms with Crippen molar-refractivity contribution >= 4 is 29.1 Å². The minimum Gasteiger partial charge on any atom is -0.456 e. The van der Waals surface area contributed by atoms with Crippen LogP contribution in [0.1, 0.15) is 49.4 Å². The molecule has 5 N–H and O–H groups in total. The van der Waals surface area contributed by atoms with E-state index in [9.17, 15) is 14.4 Å². The molecule has 3 amide bonds. The van der Waals surface area contributed by atoms with Gasteiger partial charge in [-0.15, -0.1) is 0 Å². The van der Waals surface area contributed by atoms with Gasteiger partial charge in [-0.3, -0.25) is 14.4 Å². The summed E-state index contributed by atoms with van der Waals surface area (Å²) >= 11 is 0. The third-order valence-electron chi connectivity index (χ3n) is 6.91. The van der Waals surface area contributed by atoms with Crippen molar-refractivity contribution < 1.29 is 23.9 Å². The Morgan fingerprint density at radius 2 is 1.69 bits per heavy atom. The number of carbonyl (C=O) groups excluding carboxylic acids is 3. The summed E-state index contributed by atoms with van der Waals surface area (Å²) in [5.41, 5.74) is 10.1. The second-order valence-corrected chi connectivity index (χ2v) is 10.3. The van der Waals surface area contributed by atoms with Gasteiger partial charge in [0.15, 0.2) is 5.60 Å². The number of nitrogens with one attached hydrogen (secondary N) is 3. The van der Waals surface area contributed by atoms with Crippen LogP contribution in [0.25, 0.3) is 0 Å². The predicted octanol–water partition coefficient (Wildman–Crippen LogP) is 3.80. The molecule has 0 saturated carbocycles. The molecule has 2 aliphatic rings. The molecule has 2 unspecified atom stereocenters. The first-order valence-corrected chi connectivity index (χ1v) is 13.0. The first-order chi connectivity index (χ1) is 18.7. The van der Waals surface area contributed by atoms with E-state index in [1.807, 2.05) is 44.2 Å². The van der Waals surface area contributed by atoms with Crippen molar-refractivity contribution in [2.24, 2.45) is 5.92 Å². The lowest BCUT2D eigenvalue weighted by atomic mass is 9.77. The van der Waals surface area contributed by atoms with Crippen molar-refractivity contribution in [3.63, 3.8) is 0 Å². The number of anilines is 2. The van der Waals surface area contributed by atoms with Gasteiger partial charge in [0.05, 0.1) is 13.2 Å². The van der Waals surface area contributed by atoms with Crippen molar-refractivity contribution in [2.45, 2.75) is 45.4 Å². The van der Waals surface area contributed by atoms with Crippen molar-refractivity contribution in [3.05, 3.63) is 82.9 Å². The molecule has 0 aliphatic carbocycles. The molecule has 39 heavy (non-hydrogen) atoms. The predicted molar refractivity (Wildman–Crippen MR) is 147 cm³/mol. The SMILES string of the molecule is CC(=O)NC(CC(C)C)C(=O)NCC(=O)Nc1ccc2c(c1)Oc1cc(N)ccc1C21OCc2ccccc21. The summed E-state index contributed by atoms with van der Waals surface area (Å²) in [4.78, 5) is 36.8. The normalized spacial score (nSPS) is 17.4. The van der Waals surface area contributed by atoms with E-state index < -0.39 is 23.5 Å². The van der Waals surface area contributed by atoms with Crippen LogP contribution in [0, 0.1) is 5.92 Å². The van der Waals surface area contributed by atoms with Gasteiger partial charge in [-0.05, 0) is 47.7 Å². The summed E-state index contributed by atoms with van der Waals surface area (Å²) in [5.74, 6) is 0.197. The average Bonchev–Trinajstić information content (AvgIpc) is 3.26. The van der Waals surface area contributed by atoms with Crippen molar-refractivity contribution in [3.8, 4) is 11.5 Å². The van der Waals surface area contributed by atoms with Gasteiger partial charge >= 0.3 is 0 Å². The topological polar surface area (TPSA) is 132 Å². The first kappa shape index (κ1) is 26.2. The van der Waals surface area contributed by atoms with E-state index in [0.29, 0.717) is 35.9 Å². The molecule has 0 radical (unpaired) electrons. The number of hydrogen-bond donors (Lipinski definition) is 4. The van der Waals surface area contributed by atoms with Crippen molar-refractivity contribution in [1.29, 1.82) is 0 Å². The first-order valence-electron chi connectivity index (χ1n) is 13.0. The summed E-state index contributed by atoms with van der Waals surface area (Å²) in [5, 5.41) is 8.07. The highest BCUT2D eigenvalue weighted by Crippen LogP contribution is 2.56. The number of hydrogen-bond acceptors (Lipinski definition) is 6. The number of amides is 3. The Bertz CT molecular complexity index is 1450. The van der Waals surface area contributed by atoms with E-state index in [-0.39, 0.29) is 18.4 Å². The molecular weight excluding hydrogens is 496 g/mol. The molecule has 5 rings (SSSR count). The second kappa shape index (κ2) is 10.4. The minimum absolute atomic E-state index is 0.191. The summed E-state index contributed by atoms with van der Waals surface area (Å²) in [7, 11) is 0. The fraction of sp³-hybridized carbons (Fsp3) is 0.300. The minimum atomic E-state index is -0.862. The van der Waals surface area contributed by atoms with Crippen LogP contribution in [0.5, 0.6) is 11.5 Å². The van der Waals surface area contributed by atoms with Gasteiger partial charge < -0.3 is 31.2 Å². The molecule has 3 aromatic carbocycles. The van der Waals surface area contributed by atoms with Crippen LogP contribution in [0.2, 0.25) is 0 Å². The Morgan fingerprint density at radius 3 is 2.44 bits per heavy atom. The van der Waals surface area contributed by atoms with Gasteiger partial charge in [0, 0.05) is 41.6 Å². The molecule has 3 aromatic rings. The lowest BCUT2D eigenvalue weighted by Crippen LogP contribution is -2.48. The smallest absolute Gasteiger partial charge is 0.243 e. The average molecular weight is 529 g/mol. The van der Waals surface area contributed by atoms with Crippen LogP contribution in [-0.4, -0.2) is 30.3 Å². The zero-order chi connectivity index (χ0) is 27.7. The molecule has 9 heteroatoms. The number of nitrogens with two attached hydrogens (primary N) is 1. The molecule has 2 atom stereocenters. The van der Waals surface area contributed by atoms with E-state index in [2.05, 4.69) is 28.1 Å². The number of ether oxygens (including phenoxy) is 2. The van der Waals surface area contributed by atoms with Crippen molar-refractivity contribution in [2.75, 3.05) is 17.6 Å². The van der Waals surface area contributed by atoms with Gasteiger partial charge in [0.1, 0.15) is 17.5 Å². The third kappa shape index (κ3) is 5.05. The lowest BCUT2D eigenvalue weighted by molar-refractivity contribution is -0.129. The maximum absolute atomic E-state index is 12.7. The van der Waals surface area contributed by atoms with Gasteiger partial charge in [-0.2, -0.15) is 0 Å². The molecule has 2 heterocycles. The van der Waals surface area contributed by atoms with Crippen LogP contribution >= 0.6 is 0 Å². The van der Waals surface area contributed by atoms with Crippen LogP contribution in [0.15, 0.2) is 60.7 Å². The lowest BCUT2D eigenvalue weighted by Gasteiger charge is -2.37. The highest BCUT2D eigenvalue weighted by atomic mass is 16.5.